The Balaban J connectivity index is 2.55. The molecular formula is C12H15ClO2S. The van der Waals surface area contributed by atoms with Gasteiger partial charge < -0.3 is 4.74 Å². The molecule has 1 unspecified atom stereocenters. The first kappa shape index (κ1) is 13.4. The molecule has 0 aliphatic heterocycles. The topological polar surface area (TPSA) is 26.3 Å². The zero-order valence-corrected chi connectivity index (χ0v) is 11.0. The van der Waals surface area contributed by atoms with E-state index in [1.165, 1.54) is 4.90 Å². The van der Waals surface area contributed by atoms with Gasteiger partial charge in [0.05, 0.1) is 6.61 Å². The Labute approximate surface area is 105 Å². The quantitative estimate of drug-likeness (QED) is 0.461. The van der Waals surface area contributed by atoms with Crippen molar-refractivity contribution in [1.82, 2.24) is 0 Å². The summed E-state index contributed by atoms with van der Waals surface area (Å²) in [4.78, 5) is 12.5. The monoisotopic (exact) mass is 258 g/mol. The van der Waals surface area contributed by atoms with Crippen molar-refractivity contribution in [1.29, 1.82) is 0 Å². The lowest BCUT2D eigenvalue weighted by Gasteiger charge is -2.08. The molecule has 88 valence electrons. The van der Waals surface area contributed by atoms with Gasteiger partial charge in [0.2, 0.25) is 0 Å². The van der Waals surface area contributed by atoms with Crippen LogP contribution in [-0.2, 0) is 16.0 Å². The highest BCUT2D eigenvalue weighted by molar-refractivity contribution is 7.98. The van der Waals surface area contributed by atoms with Gasteiger partial charge in [-0.3, -0.25) is 4.79 Å². The summed E-state index contributed by atoms with van der Waals surface area (Å²) in [6.45, 7) is 2.14. The van der Waals surface area contributed by atoms with Crippen LogP contribution in [0.4, 0.5) is 0 Å². The number of benzene rings is 1. The fourth-order valence-electron chi connectivity index (χ4n) is 1.28. The summed E-state index contributed by atoms with van der Waals surface area (Å²) in [5.74, 6) is -0.349. The van der Waals surface area contributed by atoms with Crippen molar-refractivity contribution in [2.45, 2.75) is 23.6 Å². The maximum atomic E-state index is 11.3. The number of carbonyl (C=O) groups is 1. The van der Waals surface area contributed by atoms with E-state index < -0.39 is 5.38 Å². The van der Waals surface area contributed by atoms with Crippen LogP contribution in [0, 0.1) is 0 Å². The molecular weight excluding hydrogens is 244 g/mol. The molecule has 0 spiro atoms. The summed E-state index contributed by atoms with van der Waals surface area (Å²) in [5, 5.41) is -0.597. The molecule has 0 saturated heterocycles. The second-order valence-corrected chi connectivity index (χ2v) is 4.68. The SMILES string of the molecule is CCOC(=O)C(Cl)Cc1ccc(SC)cc1. The molecule has 0 fully saturated rings. The van der Waals surface area contributed by atoms with Gasteiger partial charge in [0, 0.05) is 4.90 Å². The number of alkyl halides is 1. The molecule has 4 heteroatoms. The van der Waals surface area contributed by atoms with E-state index in [1.807, 2.05) is 30.5 Å². The van der Waals surface area contributed by atoms with Crippen LogP contribution in [0.3, 0.4) is 0 Å². The van der Waals surface area contributed by atoms with Gasteiger partial charge in [-0.15, -0.1) is 23.4 Å². The van der Waals surface area contributed by atoms with Crippen LogP contribution in [0.2, 0.25) is 0 Å². The van der Waals surface area contributed by atoms with E-state index >= 15 is 0 Å². The number of hydrogen-bond acceptors (Lipinski definition) is 3. The molecule has 1 atom stereocenters. The fourth-order valence-corrected chi connectivity index (χ4v) is 1.93. The number of hydrogen-bond donors (Lipinski definition) is 0. The largest absolute Gasteiger partial charge is 0.465 e. The highest BCUT2D eigenvalue weighted by atomic mass is 35.5. The molecule has 0 aliphatic carbocycles. The molecule has 0 saturated carbocycles. The van der Waals surface area contributed by atoms with Crippen LogP contribution in [-0.4, -0.2) is 24.2 Å². The Kier molecular flexibility index (Phi) is 5.71. The summed E-state index contributed by atoms with van der Waals surface area (Å²) >= 11 is 7.62. The minimum Gasteiger partial charge on any atom is -0.465 e. The van der Waals surface area contributed by atoms with E-state index in [-0.39, 0.29) is 5.97 Å². The Morgan fingerprint density at radius 2 is 2.06 bits per heavy atom. The van der Waals surface area contributed by atoms with Crippen LogP contribution in [0.15, 0.2) is 29.2 Å². The molecule has 0 heterocycles. The zero-order chi connectivity index (χ0) is 12.0. The van der Waals surface area contributed by atoms with Crippen LogP contribution in [0.1, 0.15) is 12.5 Å². The predicted molar refractivity (Wildman–Crippen MR) is 68.2 cm³/mol. The van der Waals surface area contributed by atoms with Gasteiger partial charge in [-0.1, -0.05) is 12.1 Å². The zero-order valence-electron chi connectivity index (χ0n) is 9.40. The maximum Gasteiger partial charge on any atom is 0.324 e. The van der Waals surface area contributed by atoms with Crippen LogP contribution < -0.4 is 0 Å². The first-order chi connectivity index (χ1) is 7.67. The van der Waals surface area contributed by atoms with E-state index in [0.717, 1.165) is 5.56 Å². The van der Waals surface area contributed by atoms with Crippen molar-refractivity contribution in [3.63, 3.8) is 0 Å². The van der Waals surface area contributed by atoms with Crippen LogP contribution in [0.5, 0.6) is 0 Å². The first-order valence-corrected chi connectivity index (χ1v) is 6.77. The van der Waals surface area contributed by atoms with Crippen molar-refractivity contribution >= 4 is 29.3 Å². The number of esters is 1. The Bertz CT molecular complexity index is 337. The van der Waals surface area contributed by atoms with Gasteiger partial charge in [-0.05, 0) is 37.3 Å². The van der Waals surface area contributed by atoms with Gasteiger partial charge in [0.25, 0.3) is 0 Å². The van der Waals surface area contributed by atoms with Gasteiger partial charge in [0.1, 0.15) is 5.38 Å². The van der Waals surface area contributed by atoms with Gasteiger partial charge in [0.15, 0.2) is 0 Å². The second-order valence-electron chi connectivity index (χ2n) is 3.27. The molecule has 0 radical (unpaired) electrons. The molecule has 16 heavy (non-hydrogen) atoms. The number of rotatable bonds is 5. The number of halogens is 1. The Morgan fingerprint density at radius 1 is 1.44 bits per heavy atom. The number of carbonyl (C=O) groups excluding carboxylic acids is 1. The summed E-state index contributed by atoms with van der Waals surface area (Å²) in [6.07, 6.45) is 2.53. The average Bonchev–Trinajstić information content (AvgIpc) is 2.30. The lowest BCUT2D eigenvalue weighted by atomic mass is 10.1. The van der Waals surface area contributed by atoms with Crippen molar-refractivity contribution in [3.8, 4) is 0 Å². The molecule has 0 aliphatic rings. The molecule has 0 aromatic heterocycles. The summed E-state index contributed by atoms with van der Waals surface area (Å²) in [7, 11) is 0. The third-order valence-electron chi connectivity index (χ3n) is 2.12. The summed E-state index contributed by atoms with van der Waals surface area (Å²) < 4.78 is 4.85. The van der Waals surface area contributed by atoms with Crippen LogP contribution in [0.25, 0.3) is 0 Å². The molecule has 1 rings (SSSR count). The predicted octanol–water partition coefficient (Wildman–Crippen LogP) is 3.12. The van der Waals surface area contributed by atoms with E-state index in [2.05, 4.69) is 0 Å². The molecule has 0 N–H and O–H groups in total. The lowest BCUT2D eigenvalue weighted by Crippen LogP contribution is -2.20. The Morgan fingerprint density at radius 3 is 2.56 bits per heavy atom. The Hall–Kier alpha value is -0.670. The van der Waals surface area contributed by atoms with E-state index in [1.54, 1.807) is 18.7 Å². The molecule has 0 bridgehead atoms. The number of thioether (sulfide) groups is 1. The van der Waals surface area contributed by atoms with E-state index in [9.17, 15) is 4.79 Å². The van der Waals surface area contributed by atoms with Crippen LogP contribution >= 0.6 is 23.4 Å². The lowest BCUT2D eigenvalue weighted by molar-refractivity contribution is -0.142. The third-order valence-corrected chi connectivity index (χ3v) is 3.19. The molecule has 0 amide bonds. The van der Waals surface area contributed by atoms with Gasteiger partial charge in [-0.25, -0.2) is 0 Å². The minimum atomic E-state index is -0.597. The summed E-state index contributed by atoms with van der Waals surface area (Å²) in [6, 6.07) is 8.02. The number of ether oxygens (including phenoxy) is 1. The van der Waals surface area contributed by atoms with Crippen molar-refractivity contribution in [2.24, 2.45) is 0 Å². The maximum absolute atomic E-state index is 11.3. The molecule has 1 aromatic rings. The average molecular weight is 259 g/mol. The third kappa shape index (κ3) is 4.06. The van der Waals surface area contributed by atoms with E-state index in [0.29, 0.717) is 13.0 Å². The smallest absolute Gasteiger partial charge is 0.324 e. The van der Waals surface area contributed by atoms with Gasteiger partial charge >= 0.3 is 5.97 Å². The summed E-state index contributed by atoms with van der Waals surface area (Å²) in [5.41, 5.74) is 1.05. The highest BCUT2D eigenvalue weighted by Gasteiger charge is 2.16. The fraction of sp³-hybridized carbons (Fsp3) is 0.417. The normalized spacial score (nSPS) is 12.2. The second kappa shape index (κ2) is 6.81. The van der Waals surface area contributed by atoms with Crippen molar-refractivity contribution < 1.29 is 9.53 Å². The first-order valence-electron chi connectivity index (χ1n) is 5.11. The van der Waals surface area contributed by atoms with Gasteiger partial charge in [-0.2, -0.15) is 0 Å². The van der Waals surface area contributed by atoms with Crippen molar-refractivity contribution in [3.05, 3.63) is 29.8 Å². The highest BCUT2D eigenvalue weighted by Crippen LogP contribution is 2.17. The minimum absolute atomic E-state index is 0.349. The molecule has 1 aromatic carbocycles. The van der Waals surface area contributed by atoms with Crippen molar-refractivity contribution in [2.75, 3.05) is 12.9 Å². The molecule has 2 nitrogen and oxygen atoms in total. The standard InChI is InChI=1S/C12H15ClO2S/c1-3-15-12(14)11(13)8-9-4-6-10(16-2)7-5-9/h4-7,11H,3,8H2,1-2H3. The van der Waals surface area contributed by atoms with E-state index in [4.69, 9.17) is 16.3 Å².